The number of anilines is 2. The Hall–Kier alpha value is -6.68. The highest BCUT2D eigenvalue weighted by Gasteiger charge is 2.11. The first-order chi connectivity index (χ1) is 27.2. The van der Waals surface area contributed by atoms with Gasteiger partial charge in [0, 0.05) is 39.9 Å². The lowest BCUT2D eigenvalue weighted by molar-refractivity contribution is 0.960. The van der Waals surface area contributed by atoms with E-state index in [0.717, 1.165) is 29.8 Å². The molecule has 1 aromatic heterocycles. The van der Waals surface area contributed by atoms with E-state index in [1.807, 2.05) is 18.2 Å². The van der Waals surface area contributed by atoms with Crippen molar-refractivity contribution in [1.29, 1.82) is 0 Å². The smallest absolute Gasteiger partial charge is 0.0541 e. The van der Waals surface area contributed by atoms with Crippen molar-refractivity contribution in [3.63, 3.8) is 0 Å². The van der Waals surface area contributed by atoms with E-state index in [1.165, 1.54) is 55.3 Å². The molecule has 0 bridgehead atoms. The summed E-state index contributed by atoms with van der Waals surface area (Å²) in [6.07, 6.45) is 2.26. The van der Waals surface area contributed by atoms with Crippen LogP contribution in [0.4, 0.5) is 11.4 Å². The van der Waals surface area contributed by atoms with Crippen molar-refractivity contribution < 1.29 is 0 Å². The Morgan fingerprint density at radius 2 is 0.964 bits per heavy atom. The average Bonchev–Trinajstić information content (AvgIpc) is 3.59. The second kappa shape index (κ2) is 18.4. The molecule has 0 saturated carbocycles. The second-order valence-electron chi connectivity index (χ2n) is 13.6. The number of nitrogens with zero attached hydrogens (tertiary/aromatic N) is 1. The van der Waals surface area contributed by atoms with Crippen molar-refractivity contribution in [3.8, 4) is 16.8 Å². The number of fused-ring (bicyclic) bond motifs is 3. The molecule has 0 fully saturated rings. The molecule has 270 valence electrons. The third kappa shape index (κ3) is 9.47. The fraction of sp³-hybridized carbons (Fsp3) is 0.0769. The van der Waals surface area contributed by atoms with Crippen LogP contribution in [0.2, 0.25) is 0 Å². The number of hydrogen-bond donors (Lipinski definition) is 2. The van der Waals surface area contributed by atoms with Gasteiger partial charge < -0.3 is 15.6 Å². The summed E-state index contributed by atoms with van der Waals surface area (Å²) in [4.78, 5) is 0. The minimum absolute atomic E-state index is 0.577. The molecular weight excluding hydrogens is 667 g/mol. The van der Waals surface area contributed by atoms with E-state index in [1.54, 1.807) is 0 Å². The predicted octanol–water partition coefficient (Wildman–Crippen LogP) is 13.1. The fourth-order valence-electron chi connectivity index (χ4n) is 6.89. The molecule has 55 heavy (non-hydrogen) atoms. The largest absolute Gasteiger partial charge is 0.355 e. The molecule has 3 N–H and O–H groups in total. The summed E-state index contributed by atoms with van der Waals surface area (Å²) in [5.74, 6) is 0. The molecule has 0 spiro atoms. The van der Waals surface area contributed by atoms with E-state index in [2.05, 4.69) is 211 Å². The molecule has 1 heterocycles. The molecule has 8 aromatic carbocycles. The van der Waals surface area contributed by atoms with Crippen LogP contribution in [-0.4, -0.2) is 4.57 Å². The van der Waals surface area contributed by atoms with E-state index in [9.17, 15) is 0 Å². The molecule has 0 aliphatic heterocycles. The summed E-state index contributed by atoms with van der Waals surface area (Å²) >= 11 is 0. The van der Waals surface area contributed by atoms with E-state index in [0.29, 0.717) is 6.54 Å². The standard InChI is InChI=1S/C19H16N2.C19H17N.C14H14/c20-13-14-9-11-15(12-10-14)21-18-7-3-1-5-16(18)17-6-2-4-8-19(17)21;1-15-8-7-9-16(14-15)18-12-5-6-13-19(18)20-17-10-3-2-4-11-17;1-3-7-13(8-4-1)11-12-14-9-5-2-6-10-14/h1-12H,13,20H2;2-14,20H,1H3;1-10H,11-12H2. The summed E-state index contributed by atoms with van der Waals surface area (Å²) in [6.45, 7) is 2.70. The first-order valence-corrected chi connectivity index (χ1v) is 19.0. The van der Waals surface area contributed by atoms with Crippen molar-refractivity contribution in [1.82, 2.24) is 4.57 Å². The number of nitrogens with two attached hydrogens (primary N) is 1. The Bertz CT molecular complexity index is 2450. The number of benzene rings is 8. The van der Waals surface area contributed by atoms with Crippen molar-refractivity contribution in [3.05, 3.63) is 235 Å². The highest BCUT2D eigenvalue weighted by Crippen LogP contribution is 2.32. The molecule has 0 amide bonds. The van der Waals surface area contributed by atoms with Gasteiger partial charge in [-0.2, -0.15) is 0 Å². The lowest BCUT2D eigenvalue weighted by Gasteiger charge is -2.12. The van der Waals surface area contributed by atoms with E-state index < -0.39 is 0 Å². The normalized spacial score (nSPS) is 10.6. The monoisotopic (exact) mass is 713 g/mol. The molecule has 3 nitrogen and oxygen atoms in total. The van der Waals surface area contributed by atoms with Crippen molar-refractivity contribution in [2.75, 3.05) is 5.32 Å². The minimum atomic E-state index is 0.577. The molecule has 0 aliphatic carbocycles. The molecular formula is C52H47N3. The van der Waals surface area contributed by atoms with Crippen molar-refractivity contribution in [2.45, 2.75) is 26.3 Å². The molecule has 9 rings (SSSR count). The van der Waals surface area contributed by atoms with Crippen molar-refractivity contribution >= 4 is 33.2 Å². The van der Waals surface area contributed by atoms with Crippen LogP contribution in [0.15, 0.2) is 212 Å². The zero-order chi connectivity index (χ0) is 37.7. The Kier molecular flexibility index (Phi) is 12.3. The van der Waals surface area contributed by atoms with E-state index in [-0.39, 0.29) is 0 Å². The van der Waals surface area contributed by atoms with Crippen LogP contribution >= 0.6 is 0 Å². The SMILES string of the molecule is Cc1cccc(-c2ccccc2Nc2ccccc2)c1.NCc1ccc(-n2c3ccccc3c3ccccc32)cc1.c1ccc(CCc2ccccc2)cc1. The van der Waals surface area contributed by atoms with Gasteiger partial charge in [-0.15, -0.1) is 0 Å². The summed E-state index contributed by atoms with van der Waals surface area (Å²) in [5, 5.41) is 6.07. The number of nitrogens with one attached hydrogen (secondary N) is 1. The van der Waals surface area contributed by atoms with E-state index >= 15 is 0 Å². The third-order valence-corrected chi connectivity index (χ3v) is 9.71. The van der Waals surface area contributed by atoms with Crippen LogP contribution in [0.3, 0.4) is 0 Å². The maximum absolute atomic E-state index is 5.69. The van der Waals surface area contributed by atoms with Crippen LogP contribution in [-0.2, 0) is 19.4 Å². The molecule has 0 saturated heterocycles. The van der Waals surface area contributed by atoms with Crippen LogP contribution in [0.25, 0.3) is 38.6 Å². The van der Waals surface area contributed by atoms with Gasteiger partial charge in [0.25, 0.3) is 0 Å². The highest BCUT2D eigenvalue weighted by atomic mass is 15.0. The van der Waals surface area contributed by atoms with Gasteiger partial charge in [-0.3, -0.25) is 0 Å². The zero-order valence-corrected chi connectivity index (χ0v) is 31.4. The summed E-state index contributed by atoms with van der Waals surface area (Å²) < 4.78 is 2.31. The van der Waals surface area contributed by atoms with Crippen LogP contribution in [0, 0.1) is 6.92 Å². The van der Waals surface area contributed by atoms with Gasteiger partial charge in [-0.1, -0.05) is 175 Å². The van der Waals surface area contributed by atoms with Gasteiger partial charge in [0.1, 0.15) is 0 Å². The van der Waals surface area contributed by atoms with Crippen LogP contribution in [0.1, 0.15) is 22.3 Å². The third-order valence-electron chi connectivity index (χ3n) is 9.71. The Labute approximate surface area is 325 Å². The number of para-hydroxylation sites is 4. The maximum Gasteiger partial charge on any atom is 0.0541 e. The van der Waals surface area contributed by atoms with Gasteiger partial charge in [-0.25, -0.2) is 0 Å². The van der Waals surface area contributed by atoms with Gasteiger partial charge in [0.15, 0.2) is 0 Å². The lowest BCUT2D eigenvalue weighted by Crippen LogP contribution is -1.98. The zero-order valence-electron chi connectivity index (χ0n) is 31.4. The lowest BCUT2D eigenvalue weighted by atomic mass is 10.0. The van der Waals surface area contributed by atoms with E-state index in [4.69, 9.17) is 5.73 Å². The van der Waals surface area contributed by atoms with Gasteiger partial charge in [0.05, 0.1) is 11.0 Å². The van der Waals surface area contributed by atoms with Gasteiger partial charge in [0.2, 0.25) is 0 Å². The fourth-order valence-corrected chi connectivity index (χ4v) is 6.89. The number of rotatable bonds is 8. The number of hydrogen-bond acceptors (Lipinski definition) is 2. The first-order valence-electron chi connectivity index (χ1n) is 19.0. The Balaban J connectivity index is 0.000000130. The average molecular weight is 714 g/mol. The molecule has 0 atom stereocenters. The van der Waals surface area contributed by atoms with Crippen molar-refractivity contribution in [2.24, 2.45) is 5.73 Å². The van der Waals surface area contributed by atoms with Crippen LogP contribution in [0.5, 0.6) is 0 Å². The summed E-state index contributed by atoms with van der Waals surface area (Å²) in [7, 11) is 0. The maximum atomic E-state index is 5.69. The summed E-state index contributed by atoms with van der Waals surface area (Å²) in [6, 6.07) is 74.0. The van der Waals surface area contributed by atoms with Crippen LogP contribution < -0.4 is 11.1 Å². The number of aryl methyl sites for hydroxylation is 3. The quantitative estimate of drug-likeness (QED) is 0.165. The Morgan fingerprint density at radius 3 is 1.53 bits per heavy atom. The minimum Gasteiger partial charge on any atom is -0.355 e. The molecule has 9 aromatic rings. The molecule has 0 unspecified atom stereocenters. The predicted molar refractivity (Wildman–Crippen MR) is 235 cm³/mol. The Morgan fingerprint density at radius 1 is 0.455 bits per heavy atom. The topological polar surface area (TPSA) is 43.0 Å². The van der Waals surface area contributed by atoms with Gasteiger partial charge in [-0.05, 0) is 84.5 Å². The van der Waals surface area contributed by atoms with Gasteiger partial charge >= 0.3 is 0 Å². The number of aromatic nitrogens is 1. The first kappa shape index (κ1) is 36.7. The summed E-state index contributed by atoms with van der Waals surface area (Å²) in [5.41, 5.74) is 19.3. The molecule has 0 aliphatic rings. The highest BCUT2D eigenvalue weighted by molar-refractivity contribution is 6.09. The molecule has 0 radical (unpaired) electrons. The second-order valence-corrected chi connectivity index (χ2v) is 13.6. The molecule has 3 heteroatoms.